The van der Waals surface area contributed by atoms with Gasteiger partial charge in [-0.25, -0.2) is 0 Å². The van der Waals surface area contributed by atoms with Crippen molar-refractivity contribution in [2.24, 2.45) is 11.8 Å². The molecule has 0 radical (unpaired) electrons. The van der Waals surface area contributed by atoms with E-state index in [-0.39, 0.29) is 12.5 Å². The summed E-state index contributed by atoms with van der Waals surface area (Å²) in [6.45, 7) is 0.466. The number of aliphatic hydroxyl groups is 1. The molecule has 1 aromatic rings. The highest BCUT2D eigenvalue weighted by Crippen LogP contribution is 2.40. The number of likely N-dealkylation sites (N-methyl/N-ethyl adjacent to an activating group) is 1. The van der Waals surface area contributed by atoms with E-state index >= 15 is 0 Å². The topological polar surface area (TPSA) is 59.0 Å². The second kappa shape index (κ2) is 8.02. The molecule has 1 heterocycles. The molecular weight excluding hydrogens is 318 g/mol. The fourth-order valence-electron chi connectivity index (χ4n) is 3.28. The van der Waals surface area contributed by atoms with Crippen LogP contribution in [-0.2, 0) is 27.5 Å². The van der Waals surface area contributed by atoms with E-state index in [1.54, 1.807) is 19.0 Å². The molecule has 1 saturated carbocycles. The molecule has 1 aromatic carbocycles. The maximum atomic E-state index is 12.3. The molecule has 2 aliphatic rings. The predicted molar refractivity (Wildman–Crippen MR) is 94.3 cm³/mol. The first-order valence-corrected chi connectivity index (χ1v) is 8.97. The molecule has 1 aliphatic heterocycles. The van der Waals surface area contributed by atoms with Gasteiger partial charge in [0, 0.05) is 20.5 Å². The van der Waals surface area contributed by atoms with Crippen LogP contribution in [0.3, 0.4) is 0 Å². The summed E-state index contributed by atoms with van der Waals surface area (Å²) in [5.41, 5.74) is 1.90. The molecule has 2 atom stereocenters. The number of allylic oxidation sites excluding steroid dienone is 1. The van der Waals surface area contributed by atoms with Gasteiger partial charge >= 0.3 is 0 Å². The number of carbonyl (C=O) groups is 1. The molecule has 1 fully saturated rings. The molecule has 0 aromatic heterocycles. The molecule has 25 heavy (non-hydrogen) atoms. The lowest BCUT2D eigenvalue weighted by atomic mass is 9.73. The third-order valence-electron chi connectivity index (χ3n) is 5.10. The van der Waals surface area contributed by atoms with E-state index in [0.29, 0.717) is 24.2 Å². The smallest absolute Gasteiger partial charge is 0.288 e. The van der Waals surface area contributed by atoms with Gasteiger partial charge in [-0.15, -0.1) is 0 Å². The fraction of sp³-hybridized carbons (Fsp3) is 0.550. The molecular formula is C20H27NO4. The number of hydrogen-bond acceptors (Lipinski definition) is 4. The van der Waals surface area contributed by atoms with E-state index < -0.39 is 6.29 Å². The highest BCUT2D eigenvalue weighted by atomic mass is 16.7. The summed E-state index contributed by atoms with van der Waals surface area (Å²) in [6, 6.07) is 7.66. The number of carbonyl (C=O) groups excluding carboxylic acids is 1. The Labute approximate surface area is 149 Å². The third kappa shape index (κ3) is 4.41. The zero-order valence-electron chi connectivity index (χ0n) is 15.0. The number of benzene rings is 1. The van der Waals surface area contributed by atoms with Gasteiger partial charge in [0.05, 0.1) is 13.2 Å². The van der Waals surface area contributed by atoms with Crippen LogP contribution in [0.15, 0.2) is 36.1 Å². The van der Waals surface area contributed by atoms with Gasteiger partial charge in [-0.1, -0.05) is 30.7 Å². The monoisotopic (exact) mass is 345 g/mol. The average molecular weight is 345 g/mol. The Kier molecular flexibility index (Phi) is 5.76. The van der Waals surface area contributed by atoms with Crippen molar-refractivity contribution in [1.29, 1.82) is 0 Å². The lowest BCUT2D eigenvalue weighted by Crippen LogP contribution is -2.35. The van der Waals surface area contributed by atoms with Crippen LogP contribution >= 0.6 is 0 Å². The summed E-state index contributed by atoms with van der Waals surface area (Å²) in [5.74, 6) is 1.30. The number of ether oxygens (including phenoxy) is 2. The molecule has 5 heteroatoms. The normalized spacial score (nSPS) is 23.4. The largest absolute Gasteiger partial charge is 0.459 e. The van der Waals surface area contributed by atoms with E-state index in [9.17, 15) is 4.79 Å². The molecule has 1 aliphatic carbocycles. The molecule has 0 unspecified atom stereocenters. The fourth-order valence-corrected chi connectivity index (χ4v) is 3.28. The minimum atomic E-state index is -0.396. The first kappa shape index (κ1) is 18.0. The molecule has 1 N–H and O–H groups in total. The van der Waals surface area contributed by atoms with E-state index in [2.05, 4.69) is 0 Å². The minimum Gasteiger partial charge on any atom is -0.459 e. The Bertz CT molecular complexity index is 619. The van der Waals surface area contributed by atoms with Crippen molar-refractivity contribution < 1.29 is 19.4 Å². The summed E-state index contributed by atoms with van der Waals surface area (Å²) in [6.07, 6.45) is 6.12. The van der Waals surface area contributed by atoms with Crippen molar-refractivity contribution in [2.45, 2.75) is 45.2 Å². The predicted octanol–water partition coefficient (Wildman–Crippen LogP) is 2.83. The van der Waals surface area contributed by atoms with Crippen molar-refractivity contribution in [2.75, 3.05) is 14.1 Å². The quantitative estimate of drug-likeness (QED) is 0.861. The zero-order valence-corrected chi connectivity index (χ0v) is 15.0. The Balaban J connectivity index is 1.64. The minimum absolute atomic E-state index is 0.0384. The standard InChI is InChI=1S/C20H27NO4/c1-21(2)20(23)18-10-17(16-4-3-5-16)11-19(25-18)24-13-15-8-6-14(12-22)7-9-15/h6-10,16-17,19,22H,3-5,11-13H2,1-2H3/t17-,19+/m1/s1. The Morgan fingerprint density at radius 2 is 1.92 bits per heavy atom. The molecule has 0 saturated heterocycles. The lowest BCUT2D eigenvalue weighted by Gasteiger charge is -2.37. The summed E-state index contributed by atoms with van der Waals surface area (Å²) in [4.78, 5) is 13.9. The molecule has 0 spiro atoms. The molecule has 1 amide bonds. The number of nitrogens with zero attached hydrogens (tertiary/aromatic N) is 1. The molecule has 3 rings (SSSR count). The van der Waals surface area contributed by atoms with Crippen LogP contribution in [0.4, 0.5) is 0 Å². The van der Waals surface area contributed by atoms with Gasteiger partial charge in [-0.05, 0) is 41.9 Å². The van der Waals surface area contributed by atoms with Gasteiger partial charge in [0.15, 0.2) is 5.76 Å². The van der Waals surface area contributed by atoms with Crippen molar-refractivity contribution in [3.05, 3.63) is 47.2 Å². The SMILES string of the molecule is CN(C)C(=O)C1=C[C@@H](C2CCC2)C[C@@H](OCc2ccc(CO)cc2)O1. The van der Waals surface area contributed by atoms with E-state index in [4.69, 9.17) is 14.6 Å². The Morgan fingerprint density at radius 1 is 1.24 bits per heavy atom. The molecule has 136 valence electrons. The maximum Gasteiger partial charge on any atom is 0.288 e. The van der Waals surface area contributed by atoms with Crippen molar-refractivity contribution in [3.63, 3.8) is 0 Å². The van der Waals surface area contributed by atoms with Crippen molar-refractivity contribution in [3.8, 4) is 0 Å². The molecule has 5 nitrogen and oxygen atoms in total. The van der Waals surface area contributed by atoms with Crippen LogP contribution in [0.2, 0.25) is 0 Å². The highest BCUT2D eigenvalue weighted by Gasteiger charge is 2.35. The van der Waals surface area contributed by atoms with Gasteiger partial charge in [-0.2, -0.15) is 0 Å². The Morgan fingerprint density at radius 3 is 2.48 bits per heavy atom. The van der Waals surface area contributed by atoms with E-state index in [1.807, 2.05) is 30.3 Å². The second-order valence-electron chi connectivity index (χ2n) is 7.15. The molecule has 0 bridgehead atoms. The lowest BCUT2D eigenvalue weighted by molar-refractivity contribution is -0.160. The van der Waals surface area contributed by atoms with Gasteiger partial charge < -0.3 is 19.5 Å². The van der Waals surface area contributed by atoms with Crippen molar-refractivity contribution in [1.82, 2.24) is 4.90 Å². The maximum absolute atomic E-state index is 12.3. The third-order valence-corrected chi connectivity index (χ3v) is 5.10. The summed E-state index contributed by atoms with van der Waals surface area (Å²) in [5, 5.41) is 9.10. The van der Waals surface area contributed by atoms with Crippen LogP contribution in [0, 0.1) is 11.8 Å². The number of amides is 1. The summed E-state index contributed by atoms with van der Waals surface area (Å²) >= 11 is 0. The van der Waals surface area contributed by atoms with Crippen LogP contribution in [0.5, 0.6) is 0 Å². The van der Waals surface area contributed by atoms with E-state index in [0.717, 1.165) is 17.5 Å². The van der Waals surface area contributed by atoms with Gasteiger partial charge in [0.25, 0.3) is 5.91 Å². The first-order valence-electron chi connectivity index (χ1n) is 8.97. The number of rotatable bonds is 6. The van der Waals surface area contributed by atoms with E-state index in [1.165, 1.54) is 19.3 Å². The first-order chi connectivity index (χ1) is 12.1. The summed E-state index contributed by atoms with van der Waals surface area (Å²) < 4.78 is 11.8. The van der Waals surface area contributed by atoms with Crippen LogP contribution in [0.1, 0.15) is 36.8 Å². The van der Waals surface area contributed by atoms with Gasteiger partial charge in [-0.3, -0.25) is 4.79 Å². The van der Waals surface area contributed by atoms with Gasteiger partial charge in [0.2, 0.25) is 6.29 Å². The zero-order chi connectivity index (χ0) is 17.8. The summed E-state index contributed by atoms with van der Waals surface area (Å²) in [7, 11) is 3.47. The van der Waals surface area contributed by atoms with Crippen LogP contribution in [0.25, 0.3) is 0 Å². The van der Waals surface area contributed by atoms with Crippen molar-refractivity contribution >= 4 is 5.91 Å². The van der Waals surface area contributed by atoms with Gasteiger partial charge in [0.1, 0.15) is 0 Å². The number of aliphatic hydroxyl groups excluding tert-OH is 1. The Hall–Kier alpha value is -1.85. The average Bonchev–Trinajstić information content (AvgIpc) is 2.58. The van der Waals surface area contributed by atoms with Crippen LogP contribution in [-0.4, -0.2) is 36.3 Å². The van der Waals surface area contributed by atoms with Crippen LogP contribution < -0.4 is 0 Å². The second-order valence-corrected chi connectivity index (χ2v) is 7.15. The highest BCUT2D eigenvalue weighted by molar-refractivity contribution is 5.91. The number of hydrogen-bond donors (Lipinski definition) is 1.